The second-order valence-electron chi connectivity index (χ2n) is 11.1. The van der Waals surface area contributed by atoms with E-state index in [-0.39, 0.29) is 0 Å². The summed E-state index contributed by atoms with van der Waals surface area (Å²) in [4.78, 5) is 5.06. The summed E-state index contributed by atoms with van der Waals surface area (Å²) in [6, 6.07) is 51.5. The van der Waals surface area contributed by atoms with Crippen molar-refractivity contribution in [3.05, 3.63) is 145 Å². The number of benzene rings is 6. The van der Waals surface area contributed by atoms with Crippen LogP contribution in [0.2, 0.25) is 0 Å². The van der Waals surface area contributed by atoms with E-state index in [0.29, 0.717) is 5.56 Å². The lowest BCUT2D eigenvalue weighted by Crippen LogP contribution is -1.99. The van der Waals surface area contributed by atoms with Crippen molar-refractivity contribution in [2.75, 3.05) is 0 Å². The second-order valence-corrected chi connectivity index (χ2v) is 12.2. The third-order valence-electron chi connectivity index (χ3n) is 8.63. The van der Waals surface area contributed by atoms with Crippen molar-refractivity contribution in [3.63, 3.8) is 0 Å². The van der Waals surface area contributed by atoms with Gasteiger partial charge in [0.05, 0.1) is 28.2 Å². The molecule has 0 saturated carbocycles. The van der Waals surface area contributed by atoms with Gasteiger partial charge in [-0.15, -0.1) is 11.3 Å². The molecule has 0 saturated heterocycles. The van der Waals surface area contributed by atoms with E-state index >= 15 is 0 Å². The van der Waals surface area contributed by atoms with Gasteiger partial charge in [0.25, 0.3) is 0 Å². The molecule has 0 bridgehead atoms. The highest BCUT2D eigenvalue weighted by atomic mass is 32.1. The van der Waals surface area contributed by atoms with Crippen molar-refractivity contribution < 1.29 is 0 Å². The van der Waals surface area contributed by atoms with Gasteiger partial charge in [-0.1, -0.05) is 84.9 Å². The number of pyridine rings is 1. The van der Waals surface area contributed by atoms with Crippen molar-refractivity contribution in [2.45, 2.75) is 0 Å². The number of aromatic nitrogens is 2. The zero-order valence-electron chi connectivity index (χ0n) is 23.5. The molecule has 0 fully saturated rings. The Hall–Kier alpha value is -5.76. The number of thiophene rings is 1. The highest BCUT2D eigenvalue weighted by Gasteiger charge is 2.17. The van der Waals surface area contributed by atoms with Crippen LogP contribution in [0.1, 0.15) is 5.56 Å². The molecule has 0 N–H and O–H groups in total. The van der Waals surface area contributed by atoms with Crippen LogP contribution in [0.15, 0.2) is 140 Å². The van der Waals surface area contributed by atoms with Crippen LogP contribution in [-0.4, -0.2) is 9.55 Å². The Labute approximate surface area is 257 Å². The van der Waals surface area contributed by atoms with Gasteiger partial charge in [0.15, 0.2) is 0 Å². The quantitative estimate of drug-likeness (QED) is 0.210. The number of rotatable bonds is 3. The van der Waals surface area contributed by atoms with Gasteiger partial charge in [0.2, 0.25) is 0 Å². The van der Waals surface area contributed by atoms with Gasteiger partial charge in [-0.25, -0.2) is 4.98 Å². The Kier molecular flexibility index (Phi) is 5.43. The molecule has 204 valence electrons. The maximum Gasteiger partial charge on any atom is 0.139 e. The molecule has 0 atom stereocenters. The minimum absolute atomic E-state index is 0.620. The molecular formula is C40H23N3S. The molecule has 3 nitrogen and oxygen atoms in total. The van der Waals surface area contributed by atoms with Crippen LogP contribution in [0, 0.1) is 11.3 Å². The van der Waals surface area contributed by atoms with Gasteiger partial charge < -0.3 is 0 Å². The van der Waals surface area contributed by atoms with E-state index in [0.717, 1.165) is 44.1 Å². The Morgan fingerprint density at radius 3 is 1.84 bits per heavy atom. The third-order valence-corrected chi connectivity index (χ3v) is 9.79. The molecule has 6 aromatic carbocycles. The summed E-state index contributed by atoms with van der Waals surface area (Å²) in [6.45, 7) is 0. The first-order valence-corrected chi connectivity index (χ1v) is 15.4. The molecule has 0 spiro atoms. The van der Waals surface area contributed by atoms with E-state index in [1.54, 1.807) is 0 Å². The average molecular weight is 578 g/mol. The third kappa shape index (κ3) is 3.77. The van der Waals surface area contributed by atoms with Crippen molar-refractivity contribution in [1.82, 2.24) is 9.55 Å². The van der Waals surface area contributed by atoms with Crippen LogP contribution in [0.4, 0.5) is 0 Å². The molecule has 9 rings (SSSR count). The molecule has 0 radical (unpaired) electrons. The van der Waals surface area contributed by atoms with Gasteiger partial charge in [-0.05, 0) is 76.9 Å². The predicted octanol–water partition coefficient (Wildman–Crippen LogP) is 10.9. The van der Waals surface area contributed by atoms with E-state index in [1.807, 2.05) is 47.7 Å². The Balaban J connectivity index is 1.32. The fourth-order valence-corrected chi connectivity index (χ4v) is 7.62. The number of para-hydroxylation sites is 1. The van der Waals surface area contributed by atoms with Crippen LogP contribution >= 0.6 is 11.3 Å². The lowest BCUT2D eigenvalue weighted by Gasteiger charge is -2.10. The Morgan fingerprint density at radius 1 is 0.500 bits per heavy atom. The van der Waals surface area contributed by atoms with Gasteiger partial charge in [0, 0.05) is 36.3 Å². The fourth-order valence-electron chi connectivity index (χ4n) is 6.53. The Morgan fingerprint density at radius 2 is 1.09 bits per heavy atom. The summed E-state index contributed by atoms with van der Waals surface area (Å²) < 4.78 is 4.81. The molecule has 0 amide bonds. The van der Waals surface area contributed by atoms with E-state index in [2.05, 4.69) is 114 Å². The van der Waals surface area contributed by atoms with Gasteiger partial charge in [-0.3, -0.25) is 4.57 Å². The zero-order valence-corrected chi connectivity index (χ0v) is 24.3. The maximum absolute atomic E-state index is 10.0. The second kappa shape index (κ2) is 9.64. The standard InChI is InChI=1S/C40H23N3S/c41-24-29-23-40(42-35-12-6-4-10-30(29)35)43-36-17-14-26(25-8-2-1-3-9-25)20-32(36)33-21-27(15-18-37(33)43)28-16-19-39-34(22-28)31-11-5-7-13-38(31)44-39/h1-23H. The first kappa shape index (κ1) is 24.8. The molecular weight excluding hydrogens is 555 g/mol. The molecule has 9 aromatic rings. The number of fused-ring (bicyclic) bond motifs is 7. The van der Waals surface area contributed by atoms with E-state index < -0.39 is 0 Å². The SMILES string of the molecule is N#Cc1cc(-n2c3ccc(-c4ccccc4)cc3c3cc(-c4ccc5sc6ccccc6c5c4)ccc32)nc2ccccc12. The molecule has 0 unspecified atom stereocenters. The smallest absolute Gasteiger partial charge is 0.139 e. The van der Waals surface area contributed by atoms with Gasteiger partial charge in [0.1, 0.15) is 5.82 Å². The first-order valence-electron chi connectivity index (χ1n) is 14.6. The van der Waals surface area contributed by atoms with E-state index in [1.165, 1.54) is 36.9 Å². The lowest BCUT2D eigenvalue weighted by atomic mass is 9.99. The summed E-state index contributed by atoms with van der Waals surface area (Å²) in [6.07, 6.45) is 0. The van der Waals surface area contributed by atoms with E-state index in [4.69, 9.17) is 4.98 Å². The van der Waals surface area contributed by atoms with Crippen molar-refractivity contribution in [1.29, 1.82) is 5.26 Å². The van der Waals surface area contributed by atoms with Crippen LogP contribution in [0.25, 0.3) is 81.0 Å². The summed E-state index contributed by atoms with van der Waals surface area (Å²) in [5.74, 6) is 0.742. The maximum atomic E-state index is 10.0. The summed E-state index contributed by atoms with van der Waals surface area (Å²) in [5, 5.41) is 15.8. The van der Waals surface area contributed by atoms with E-state index in [9.17, 15) is 5.26 Å². The number of hydrogen-bond acceptors (Lipinski definition) is 3. The fraction of sp³-hybridized carbons (Fsp3) is 0. The molecule has 4 heteroatoms. The first-order chi connectivity index (χ1) is 21.7. The minimum Gasteiger partial charge on any atom is -0.294 e. The molecule has 3 heterocycles. The van der Waals surface area contributed by atoms with Gasteiger partial charge >= 0.3 is 0 Å². The van der Waals surface area contributed by atoms with Crippen molar-refractivity contribution in [3.8, 4) is 34.1 Å². The average Bonchev–Trinajstić information content (AvgIpc) is 3.62. The number of nitriles is 1. The van der Waals surface area contributed by atoms with Crippen LogP contribution in [-0.2, 0) is 0 Å². The topological polar surface area (TPSA) is 41.6 Å². The monoisotopic (exact) mass is 577 g/mol. The number of nitrogens with zero attached hydrogens (tertiary/aromatic N) is 3. The highest BCUT2D eigenvalue weighted by Crippen LogP contribution is 2.40. The van der Waals surface area contributed by atoms with Crippen LogP contribution in [0.3, 0.4) is 0 Å². The van der Waals surface area contributed by atoms with Crippen molar-refractivity contribution >= 4 is 64.2 Å². The highest BCUT2D eigenvalue weighted by molar-refractivity contribution is 7.25. The molecule has 0 aliphatic rings. The van der Waals surface area contributed by atoms with Crippen molar-refractivity contribution in [2.24, 2.45) is 0 Å². The molecule has 0 aliphatic carbocycles. The number of hydrogen-bond donors (Lipinski definition) is 0. The normalized spacial score (nSPS) is 11.6. The predicted molar refractivity (Wildman–Crippen MR) is 185 cm³/mol. The Bertz CT molecular complexity index is 2620. The summed E-state index contributed by atoms with van der Waals surface area (Å²) >= 11 is 1.84. The zero-order chi connectivity index (χ0) is 29.2. The largest absolute Gasteiger partial charge is 0.294 e. The summed E-state index contributed by atoms with van der Waals surface area (Å²) in [7, 11) is 0. The minimum atomic E-state index is 0.620. The molecule has 3 aromatic heterocycles. The van der Waals surface area contributed by atoms with Gasteiger partial charge in [-0.2, -0.15) is 5.26 Å². The van der Waals surface area contributed by atoms with Crippen LogP contribution < -0.4 is 0 Å². The molecule has 44 heavy (non-hydrogen) atoms. The lowest BCUT2D eigenvalue weighted by molar-refractivity contribution is 1.10. The van der Waals surface area contributed by atoms with Crippen LogP contribution in [0.5, 0.6) is 0 Å². The molecule has 0 aliphatic heterocycles. The summed E-state index contributed by atoms with van der Waals surface area (Å²) in [5.41, 5.74) is 8.25.